The second-order valence-corrected chi connectivity index (χ2v) is 6.34. The zero-order valence-electron chi connectivity index (χ0n) is 14.3. The Bertz CT molecular complexity index is 638. The van der Waals surface area contributed by atoms with Crippen LogP contribution in [0.25, 0.3) is 0 Å². The number of carbonyl (C=O) groups is 2. The van der Waals surface area contributed by atoms with Gasteiger partial charge >= 0.3 is 11.9 Å². The molecule has 25 heavy (non-hydrogen) atoms. The molecule has 0 aromatic heterocycles. The Balaban J connectivity index is 2.10. The minimum atomic E-state index is -2.02. The van der Waals surface area contributed by atoms with Gasteiger partial charge in [0.1, 0.15) is 6.10 Å². The predicted octanol–water partition coefficient (Wildman–Crippen LogP) is 1.49. The third-order valence-corrected chi connectivity index (χ3v) is 4.88. The van der Waals surface area contributed by atoms with Gasteiger partial charge in [0.25, 0.3) is 0 Å². The van der Waals surface area contributed by atoms with Gasteiger partial charge < -0.3 is 24.1 Å². The fraction of sp³-hybridized carbons (Fsp3) is 0.556. The van der Waals surface area contributed by atoms with E-state index in [-0.39, 0.29) is 0 Å². The number of methoxy groups -OCH3 is 2. The number of hydrogen-bond donors (Lipinski definition) is 1. The highest BCUT2D eigenvalue weighted by Gasteiger charge is 2.69. The molecular formula is C18H22O7. The molecule has 2 fully saturated rings. The molecule has 1 heterocycles. The molecule has 1 N–H and O–H groups in total. The van der Waals surface area contributed by atoms with Crippen molar-refractivity contribution in [2.45, 2.75) is 49.3 Å². The predicted molar refractivity (Wildman–Crippen MR) is 85.3 cm³/mol. The molecule has 136 valence electrons. The van der Waals surface area contributed by atoms with Crippen LogP contribution in [0.2, 0.25) is 0 Å². The normalized spacial score (nSPS) is 28.7. The van der Waals surface area contributed by atoms with Gasteiger partial charge in [-0.2, -0.15) is 0 Å². The quantitative estimate of drug-likeness (QED) is 0.823. The van der Waals surface area contributed by atoms with Crippen molar-refractivity contribution in [1.29, 1.82) is 0 Å². The molecule has 7 nitrogen and oxygen atoms in total. The number of aliphatic hydroxyl groups is 1. The molecule has 1 aliphatic carbocycles. The van der Waals surface area contributed by atoms with Crippen molar-refractivity contribution in [3.8, 4) is 0 Å². The Morgan fingerprint density at radius 1 is 1.16 bits per heavy atom. The summed E-state index contributed by atoms with van der Waals surface area (Å²) in [6.07, 6.45) is -0.135. The van der Waals surface area contributed by atoms with E-state index in [1.165, 1.54) is 14.2 Å². The molecule has 7 heteroatoms. The van der Waals surface area contributed by atoms with Gasteiger partial charge in [0, 0.05) is 12.8 Å². The topological polar surface area (TPSA) is 91.3 Å². The molecular weight excluding hydrogens is 328 g/mol. The lowest BCUT2D eigenvalue weighted by Gasteiger charge is -2.34. The highest BCUT2D eigenvalue weighted by molar-refractivity contribution is 5.91. The van der Waals surface area contributed by atoms with E-state index in [0.29, 0.717) is 18.4 Å². The van der Waals surface area contributed by atoms with Crippen molar-refractivity contribution in [3.63, 3.8) is 0 Å². The fourth-order valence-electron chi connectivity index (χ4n) is 3.65. The van der Waals surface area contributed by atoms with Crippen LogP contribution in [0, 0.1) is 0 Å². The van der Waals surface area contributed by atoms with Crippen LogP contribution in [0.4, 0.5) is 0 Å². The minimum Gasteiger partial charge on any atom is -0.467 e. The van der Waals surface area contributed by atoms with E-state index < -0.39 is 35.5 Å². The van der Waals surface area contributed by atoms with Crippen LogP contribution in [0.1, 0.15) is 37.4 Å². The number of rotatable bonds is 4. The smallest absolute Gasteiger partial charge is 0.344 e. The Morgan fingerprint density at radius 3 is 2.36 bits per heavy atom. The molecule has 1 aliphatic heterocycles. The zero-order chi connectivity index (χ0) is 18.1. The van der Waals surface area contributed by atoms with E-state index >= 15 is 0 Å². The van der Waals surface area contributed by atoms with E-state index in [1.54, 1.807) is 30.3 Å². The van der Waals surface area contributed by atoms with Crippen LogP contribution in [0.3, 0.4) is 0 Å². The molecule has 3 rings (SSSR count). The molecule has 1 saturated carbocycles. The van der Waals surface area contributed by atoms with Gasteiger partial charge in [-0.25, -0.2) is 9.59 Å². The lowest BCUT2D eigenvalue weighted by atomic mass is 9.85. The summed E-state index contributed by atoms with van der Waals surface area (Å²) in [6, 6.07) is 8.51. The highest BCUT2D eigenvalue weighted by Crippen LogP contribution is 2.51. The number of benzene rings is 1. The lowest BCUT2D eigenvalue weighted by molar-refractivity contribution is -0.216. The first-order valence-corrected chi connectivity index (χ1v) is 8.26. The van der Waals surface area contributed by atoms with Gasteiger partial charge in [0.15, 0.2) is 5.79 Å². The molecule has 0 radical (unpaired) electrons. The van der Waals surface area contributed by atoms with Gasteiger partial charge in [0.05, 0.1) is 14.2 Å². The van der Waals surface area contributed by atoms with Crippen molar-refractivity contribution in [2.75, 3.05) is 14.2 Å². The summed E-state index contributed by atoms with van der Waals surface area (Å²) in [5.74, 6) is -2.75. The van der Waals surface area contributed by atoms with E-state index in [2.05, 4.69) is 0 Å². The van der Waals surface area contributed by atoms with Crippen LogP contribution >= 0.6 is 0 Å². The summed E-state index contributed by atoms with van der Waals surface area (Å²) in [7, 11) is 2.38. The summed E-state index contributed by atoms with van der Waals surface area (Å²) in [5.41, 5.74) is -1.60. The van der Waals surface area contributed by atoms with Gasteiger partial charge in [-0.3, -0.25) is 0 Å². The van der Waals surface area contributed by atoms with Gasteiger partial charge in [-0.1, -0.05) is 30.3 Å². The fourth-order valence-corrected chi connectivity index (χ4v) is 3.65. The molecule has 2 aliphatic rings. The molecule has 3 atom stereocenters. The Morgan fingerprint density at radius 2 is 1.80 bits per heavy atom. The third kappa shape index (κ3) is 2.82. The molecule has 1 spiro atoms. The summed E-state index contributed by atoms with van der Waals surface area (Å²) < 4.78 is 21.6. The first kappa shape index (κ1) is 17.8. The SMILES string of the molecule is COC(=O)[C@H]1OC2(CCCC2)O[C@]1(C(=O)OC)[C@@H](O)c1ccccc1. The first-order valence-electron chi connectivity index (χ1n) is 8.26. The van der Waals surface area contributed by atoms with Crippen LogP contribution in [0.5, 0.6) is 0 Å². The number of hydrogen-bond acceptors (Lipinski definition) is 7. The van der Waals surface area contributed by atoms with E-state index in [9.17, 15) is 14.7 Å². The maximum absolute atomic E-state index is 12.7. The number of aliphatic hydroxyl groups excluding tert-OH is 1. The lowest BCUT2D eigenvalue weighted by Crippen LogP contribution is -2.56. The van der Waals surface area contributed by atoms with Crippen molar-refractivity contribution < 1.29 is 33.6 Å². The highest BCUT2D eigenvalue weighted by atomic mass is 16.8. The minimum absolute atomic E-state index is 0.417. The largest absolute Gasteiger partial charge is 0.467 e. The second kappa shape index (κ2) is 6.74. The molecule has 0 amide bonds. The Kier molecular flexibility index (Phi) is 4.81. The van der Waals surface area contributed by atoms with Crippen molar-refractivity contribution in [3.05, 3.63) is 35.9 Å². The average molecular weight is 350 g/mol. The maximum atomic E-state index is 12.7. The summed E-state index contributed by atoms with van der Waals surface area (Å²) in [6.45, 7) is 0. The first-order chi connectivity index (χ1) is 12.0. The summed E-state index contributed by atoms with van der Waals surface area (Å²) in [4.78, 5) is 25.1. The van der Waals surface area contributed by atoms with Crippen molar-refractivity contribution in [1.82, 2.24) is 0 Å². The summed E-state index contributed by atoms with van der Waals surface area (Å²) >= 11 is 0. The maximum Gasteiger partial charge on any atom is 0.344 e. The number of esters is 2. The van der Waals surface area contributed by atoms with Gasteiger partial charge in [-0.05, 0) is 18.4 Å². The van der Waals surface area contributed by atoms with Crippen LogP contribution in [-0.2, 0) is 28.5 Å². The van der Waals surface area contributed by atoms with Crippen molar-refractivity contribution in [2.24, 2.45) is 0 Å². The van der Waals surface area contributed by atoms with Crippen LogP contribution in [-0.4, -0.2) is 48.8 Å². The number of ether oxygens (including phenoxy) is 4. The van der Waals surface area contributed by atoms with Crippen LogP contribution in [0.15, 0.2) is 30.3 Å². The molecule has 0 bridgehead atoms. The van der Waals surface area contributed by atoms with Crippen molar-refractivity contribution >= 4 is 11.9 Å². The van der Waals surface area contributed by atoms with Gasteiger partial charge in [0.2, 0.25) is 11.7 Å². The monoisotopic (exact) mass is 350 g/mol. The zero-order valence-corrected chi connectivity index (χ0v) is 14.3. The van der Waals surface area contributed by atoms with Gasteiger partial charge in [-0.15, -0.1) is 0 Å². The number of carbonyl (C=O) groups excluding carboxylic acids is 2. The molecule has 1 saturated heterocycles. The Hall–Kier alpha value is -1.96. The molecule has 1 aromatic rings. The van der Waals surface area contributed by atoms with E-state index in [1.807, 2.05) is 0 Å². The summed E-state index contributed by atoms with van der Waals surface area (Å²) in [5, 5.41) is 11.0. The molecule has 0 unspecified atom stereocenters. The van der Waals surface area contributed by atoms with E-state index in [4.69, 9.17) is 18.9 Å². The standard InChI is InChI=1S/C18H22O7/c1-22-15(20)14-18(16(21)23-2,13(19)12-8-4-3-5-9-12)25-17(24-14)10-6-7-11-17/h3-5,8-9,13-14,19H,6-7,10-11H2,1-2H3/t13-,14+,18+/m0/s1. The third-order valence-electron chi connectivity index (χ3n) is 4.88. The average Bonchev–Trinajstić information content (AvgIpc) is 3.26. The van der Waals surface area contributed by atoms with Crippen LogP contribution < -0.4 is 0 Å². The van der Waals surface area contributed by atoms with E-state index in [0.717, 1.165) is 12.8 Å². The molecule has 1 aromatic carbocycles. The Labute approximate surface area is 145 Å². The second-order valence-electron chi connectivity index (χ2n) is 6.34.